The van der Waals surface area contributed by atoms with Gasteiger partial charge in [0.1, 0.15) is 5.82 Å². The number of aryl methyl sites for hydroxylation is 1. The van der Waals surface area contributed by atoms with E-state index in [1.165, 1.54) is 37.9 Å². The molecule has 0 aliphatic carbocycles. The topological polar surface area (TPSA) is 23.5 Å². The third-order valence-electron chi connectivity index (χ3n) is 2.90. The molecule has 1 N–H and O–H groups in total. The molecule has 0 saturated carbocycles. The Balaban J connectivity index is 3.01. The molecule has 0 heterocycles. The van der Waals surface area contributed by atoms with E-state index in [0.717, 1.165) is 0 Å². The lowest BCUT2D eigenvalue weighted by Gasteiger charge is -2.25. The smallest absolute Gasteiger partial charge is 0.389 e. The van der Waals surface area contributed by atoms with Gasteiger partial charge in [0.2, 0.25) is 0 Å². The molecule has 0 unspecified atom stereocenters. The first kappa shape index (κ1) is 15.8. The van der Waals surface area contributed by atoms with Crippen molar-refractivity contribution >= 4 is 5.69 Å². The van der Waals surface area contributed by atoms with Crippen LogP contribution in [0.15, 0.2) is 12.1 Å². The van der Waals surface area contributed by atoms with Crippen LogP contribution in [0.1, 0.15) is 30.6 Å². The van der Waals surface area contributed by atoms with Crippen molar-refractivity contribution in [3.05, 3.63) is 29.1 Å². The third-order valence-corrected chi connectivity index (χ3v) is 2.90. The van der Waals surface area contributed by atoms with Gasteiger partial charge in [-0.2, -0.15) is 13.2 Å². The number of alkyl halides is 3. The zero-order valence-electron chi connectivity index (χ0n) is 11.1. The third kappa shape index (κ3) is 4.38. The van der Waals surface area contributed by atoms with Crippen LogP contribution < -0.4 is 4.90 Å². The summed E-state index contributed by atoms with van der Waals surface area (Å²) < 4.78 is 50.0. The Labute approximate surface area is 109 Å². The van der Waals surface area contributed by atoms with Crippen molar-refractivity contribution in [1.82, 2.24) is 0 Å². The van der Waals surface area contributed by atoms with E-state index >= 15 is 0 Å². The van der Waals surface area contributed by atoms with Crippen molar-refractivity contribution in [1.29, 1.82) is 0 Å². The van der Waals surface area contributed by atoms with Crippen LogP contribution in [0.25, 0.3) is 0 Å². The lowest BCUT2D eigenvalue weighted by Crippen LogP contribution is -2.25. The minimum Gasteiger partial charge on any atom is -0.389 e. The highest BCUT2D eigenvalue weighted by atomic mass is 19.4. The molecule has 0 spiro atoms. The van der Waals surface area contributed by atoms with E-state index in [4.69, 9.17) is 0 Å². The number of rotatable bonds is 4. The zero-order valence-corrected chi connectivity index (χ0v) is 11.1. The van der Waals surface area contributed by atoms with Gasteiger partial charge < -0.3 is 10.0 Å². The molecule has 19 heavy (non-hydrogen) atoms. The number of anilines is 1. The molecule has 0 radical (unpaired) electrons. The summed E-state index contributed by atoms with van der Waals surface area (Å²) in [6.07, 6.45) is -6.15. The average Bonchev–Trinajstić information content (AvgIpc) is 2.27. The van der Waals surface area contributed by atoms with Crippen LogP contribution in [0.4, 0.5) is 23.2 Å². The van der Waals surface area contributed by atoms with Crippen LogP contribution in [-0.4, -0.2) is 24.9 Å². The van der Waals surface area contributed by atoms with Crippen LogP contribution in [0.3, 0.4) is 0 Å². The second kappa shape index (κ2) is 5.77. The van der Waals surface area contributed by atoms with Gasteiger partial charge in [-0.05, 0) is 31.5 Å². The normalized spacial score (nSPS) is 13.5. The van der Waals surface area contributed by atoms with Gasteiger partial charge in [-0.25, -0.2) is 4.39 Å². The molecule has 0 amide bonds. The maximum absolute atomic E-state index is 13.4. The number of benzene rings is 1. The number of aliphatic hydroxyl groups is 1. The van der Waals surface area contributed by atoms with Crippen molar-refractivity contribution < 1.29 is 22.7 Å². The number of aliphatic hydroxyl groups excluding tert-OH is 1. The molecule has 1 aromatic rings. The first-order valence-electron chi connectivity index (χ1n) is 5.88. The van der Waals surface area contributed by atoms with Crippen molar-refractivity contribution in [3.8, 4) is 0 Å². The van der Waals surface area contributed by atoms with Gasteiger partial charge in [0, 0.05) is 24.8 Å². The van der Waals surface area contributed by atoms with E-state index in [1.807, 2.05) is 0 Å². The van der Waals surface area contributed by atoms with Gasteiger partial charge in [-0.3, -0.25) is 0 Å². The number of hydrogen-bond acceptors (Lipinski definition) is 2. The fourth-order valence-corrected chi connectivity index (χ4v) is 1.76. The molecule has 108 valence electrons. The van der Waals surface area contributed by atoms with Crippen molar-refractivity contribution in [2.45, 2.75) is 32.5 Å². The Bertz CT molecular complexity index is 443. The Hall–Kier alpha value is -1.30. The van der Waals surface area contributed by atoms with E-state index < -0.39 is 24.5 Å². The Kier molecular flexibility index (Phi) is 4.79. The lowest BCUT2D eigenvalue weighted by molar-refractivity contribution is -0.132. The summed E-state index contributed by atoms with van der Waals surface area (Å²) in [5.74, 6) is -0.483. The Morgan fingerprint density at radius 3 is 2.37 bits per heavy atom. The summed E-state index contributed by atoms with van der Waals surface area (Å²) in [7, 11) is 1.49. The summed E-state index contributed by atoms with van der Waals surface area (Å²) >= 11 is 0. The standard InChI is InChI=1S/C13H17F4NO/c1-8-6-12(10(9(2)19)7-11(8)14)18(3)5-4-13(15,16)17/h6-7,9,19H,4-5H2,1-3H3/t9-/m1/s1. The molecule has 0 fully saturated rings. The predicted molar refractivity (Wildman–Crippen MR) is 65.7 cm³/mol. The number of nitrogens with zero attached hydrogens (tertiary/aromatic N) is 1. The van der Waals surface area contributed by atoms with Gasteiger partial charge in [-0.1, -0.05) is 0 Å². The van der Waals surface area contributed by atoms with E-state index in [2.05, 4.69) is 0 Å². The zero-order chi connectivity index (χ0) is 14.8. The highest BCUT2D eigenvalue weighted by molar-refractivity contribution is 5.56. The quantitative estimate of drug-likeness (QED) is 0.852. The predicted octanol–water partition coefficient (Wildman–Crippen LogP) is 3.58. The van der Waals surface area contributed by atoms with E-state index in [9.17, 15) is 22.7 Å². The summed E-state index contributed by atoms with van der Waals surface area (Å²) in [6.45, 7) is 2.74. The molecule has 0 aliphatic heterocycles. The molecule has 1 aromatic carbocycles. The molecule has 0 saturated heterocycles. The van der Waals surface area contributed by atoms with Crippen LogP contribution in [-0.2, 0) is 0 Å². The molecule has 0 bridgehead atoms. The van der Waals surface area contributed by atoms with Crippen LogP contribution in [0, 0.1) is 12.7 Å². The highest BCUT2D eigenvalue weighted by Gasteiger charge is 2.27. The van der Waals surface area contributed by atoms with Crippen molar-refractivity contribution in [2.75, 3.05) is 18.5 Å². The maximum atomic E-state index is 13.4. The second-order valence-corrected chi connectivity index (χ2v) is 4.62. The molecule has 1 rings (SSSR count). The van der Waals surface area contributed by atoms with Gasteiger partial charge in [0.05, 0.1) is 12.5 Å². The van der Waals surface area contributed by atoms with Crippen LogP contribution >= 0.6 is 0 Å². The summed E-state index contributed by atoms with van der Waals surface area (Å²) in [5.41, 5.74) is 1.03. The summed E-state index contributed by atoms with van der Waals surface area (Å²) in [5, 5.41) is 9.58. The minimum absolute atomic E-state index is 0.242. The Morgan fingerprint density at radius 2 is 1.89 bits per heavy atom. The van der Waals surface area contributed by atoms with Gasteiger partial charge >= 0.3 is 6.18 Å². The van der Waals surface area contributed by atoms with Crippen molar-refractivity contribution in [3.63, 3.8) is 0 Å². The van der Waals surface area contributed by atoms with E-state index in [1.54, 1.807) is 0 Å². The summed E-state index contributed by atoms with van der Waals surface area (Å²) in [4.78, 5) is 1.38. The van der Waals surface area contributed by atoms with E-state index in [0.29, 0.717) is 11.3 Å². The Morgan fingerprint density at radius 1 is 1.32 bits per heavy atom. The molecule has 2 nitrogen and oxygen atoms in total. The fraction of sp³-hybridized carbons (Fsp3) is 0.538. The molecule has 0 aliphatic rings. The van der Waals surface area contributed by atoms with Crippen LogP contribution in [0.2, 0.25) is 0 Å². The first-order valence-corrected chi connectivity index (χ1v) is 5.88. The fourth-order valence-electron chi connectivity index (χ4n) is 1.76. The number of hydrogen-bond donors (Lipinski definition) is 1. The largest absolute Gasteiger partial charge is 0.390 e. The summed E-state index contributed by atoms with van der Waals surface area (Å²) in [6, 6.07) is 2.62. The van der Waals surface area contributed by atoms with Gasteiger partial charge in [-0.15, -0.1) is 0 Å². The monoisotopic (exact) mass is 279 g/mol. The number of halogens is 4. The molecule has 6 heteroatoms. The van der Waals surface area contributed by atoms with Gasteiger partial charge in [0.25, 0.3) is 0 Å². The van der Waals surface area contributed by atoms with E-state index in [-0.39, 0.29) is 12.1 Å². The molecule has 1 atom stereocenters. The second-order valence-electron chi connectivity index (χ2n) is 4.62. The highest BCUT2D eigenvalue weighted by Crippen LogP contribution is 2.30. The molecular formula is C13H17F4NO. The van der Waals surface area contributed by atoms with Crippen LogP contribution in [0.5, 0.6) is 0 Å². The molecular weight excluding hydrogens is 262 g/mol. The SMILES string of the molecule is Cc1cc(N(C)CCC(F)(F)F)c([C@@H](C)O)cc1F. The first-order chi connectivity index (χ1) is 8.61. The van der Waals surface area contributed by atoms with Gasteiger partial charge in [0.15, 0.2) is 0 Å². The lowest BCUT2D eigenvalue weighted by atomic mass is 10.0. The molecule has 0 aromatic heterocycles. The van der Waals surface area contributed by atoms with Crippen molar-refractivity contribution in [2.24, 2.45) is 0 Å². The average molecular weight is 279 g/mol. The minimum atomic E-state index is -4.24. The maximum Gasteiger partial charge on any atom is 0.390 e.